The molecule has 0 bridgehead atoms. The van der Waals surface area contributed by atoms with Gasteiger partial charge in [-0.15, -0.1) is 0 Å². The Bertz CT molecular complexity index is 1070. The summed E-state index contributed by atoms with van der Waals surface area (Å²) in [5.74, 6) is 0.275. The van der Waals surface area contributed by atoms with Gasteiger partial charge in [-0.25, -0.2) is 4.79 Å². The third-order valence-electron chi connectivity index (χ3n) is 6.65. The molecule has 2 aliphatic rings. The van der Waals surface area contributed by atoms with Gasteiger partial charge in [-0.1, -0.05) is 13.8 Å². The van der Waals surface area contributed by atoms with E-state index in [1.54, 1.807) is 14.2 Å². The summed E-state index contributed by atoms with van der Waals surface area (Å²) in [6.45, 7) is 5.54. The first-order valence-corrected chi connectivity index (χ1v) is 10.6. The Morgan fingerprint density at radius 2 is 1.97 bits per heavy atom. The SMILES string of the molecule is COCCCOc1cc2c(cc1OC)-c1cc(=O)c(C(=O)O)cn1[C@@H]1[C@H]2CCC1(C)C. The lowest BCUT2D eigenvalue weighted by molar-refractivity contribution is 0.0693. The van der Waals surface area contributed by atoms with Gasteiger partial charge < -0.3 is 23.9 Å². The Balaban J connectivity index is 1.88. The van der Waals surface area contributed by atoms with E-state index in [1.807, 2.05) is 16.7 Å². The monoisotopic (exact) mass is 427 g/mol. The molecule has 1 N–H and O–H groups in total. The van der Waals surface area contributed by atoms with Gasteiger partial charge in [0.05, 0.1) is 19.4 Å². The van der Waals surface area contributed by atoms with Crippen LogP contribution in [0.2, 0.25) is 0 Å². The van der Waals surface area contributed by atoms with Crippen LogP contribution in [0.25, 0.3) is 11.3 Å². The van der Waals surface area contributed by atoms with Gasteiger partial charge >= 0.3 is 5.97 Å². The van der Waals surface area contributed by atoms with Crippen LogP contribution in [0, 0.1) is 5.41 Å². The van der Waals surface area contributed by atoms with Crippen molar-refractivity contribution in [2.75, 3.05) is 27.4 Å². The predicted molar refractivity (Wildman–Crippen MR) is 116 cm³/mol. The van der Waals surface area contributed by atoms with E-state index >= 15 is 0 Å². The highest BCUT2D eigenvalue weighted by Gasteiger charge is 2.47. The summed E-state index contributed by atoms with van der Waals surface area (Å²) in [6, 6.07) is 5.46. The number of methoxy groups -OCH3 is 2. The average molecular weight is 427 g/mol. The smallest absolute Gasteiger partial charge is 0.341 e. The van der Waals surface area contributed by atoms with Crippen LogP contribution in [0.15, 0.2) is 29.2 Å². The molecule has 4 rings (SSSR count). The molecule has 1 saturated carbocycles. The largest absolute Gasteiger partial charge is 0.493 e. The summed E-state index contributed by atoms with van der Waals surface area (Å²) in [6.07, 6.45) is 4.28. The van der Waals surface area contributed by atoms with Crippen LogP contribution in [-0.2, 0) is 4.74 Å². The van der Waals surface area contributed by atoms with Crippen LogP contribution in [0.4, 0.5) is 0 Å². The van der Waals surface area contributed by atoms with Gasteiger partial charge in [0.15, 0.2) is 16.9 Å². The van der Waals surface area contributed by atoms with E-state index in [0.29, 0.717) is 24.7 Å². The first kappa shape index (κ1) is 21.4. The Hall–Kier alpha value is -2.80. The van der Waals surface area contributed by atoms with Gasteiger partial charge in [0.25, 0.3) is 0 Å². The van der Waals surface area contributed by atoms with Gasteiger partial charge in [0, 0.05) is 49.9 Å². The van der Waals surface area contributed by atoms with E-state index in [9.17, 15) is 14.7 Å². The standard InChI is InChI=1S/C24H29NO6/c1-24(2)7-6-14-15-10-21(31-9-5-8-29-3)20(30-4)11-16(15)18-12-19(26)17(23(27)28)13-25(18)22(14)24/h10-14,22H,5-9H2,1-4H3,(H,27,28)/t14-,22+/m0/s1. The maximum atomic E-state index is 12.6. The molecule has 7 nitrogen and oxygen atoms in total. The quantitative estimate of drug-likeness (QED) is 0.670. The summed E-state index contributed by atoms with van der Waals surface area (Å²) >= 11 is 0. The number of aromatic nitrogens is 1. The fourth-order valence-corrected chi connectivity index (χ4v) is 5.19. The molecule has 2 aromatic rings. The summed E-state index contributed by atoms with van der Waals surface area (Å²) in [5, 5.41) is 9.51. The molecule has 31 heavy (non-hydrogen) atoms. The molecular formula is C24H29NO6. The Kier molecular flexibility index (Phi) is 5.56. The highest BCUT2D eigenvalue weighted by atomic mass is 16.5. The Morgan fingerprint density at radius 1 is 1.19 bits per heavy atom. The van der Waals surface area contributed by atoms with Crippen LogP contribution in [0.3, 0.4) is 0 Å². The molecule has 166 valence electrons. The lowest BCUT2D eigenvalue weighted by Gasteiger charge is -2.40. The zero-order valence-corrected chi connectivity index (χ0v) is 18.4. The summed E-state index contributed by atoms with van der Waals surface area (Å²) in [4.78, 5) is 24.2. The third kappa shape index (κ3) is 3.61. The number of benzene rings is 1. The number of nitrogens with zero attached hydrogens (tertiary/aromatic N) is 1. The van der Waals surface area contributed by atoms with Gasteiger partial charge in [-0.05, 0) is 36.0 Å². The molecule has 7 heteroatoms. The molecule has 0 radical (unpaired) electrons. The number of carboxylic acids is 1. The number of fused-ring (bicyclic) bond motifs is 6. The Labute approximate surface area is 181 Å². The lowest BCUT2D eigenvalue weighted by atomic mass is 9.77. The van der Waals surface area contributed by atoms with Gasteiger partial charge in [-0.3, -0.25) is 4.79 Å². The second-order valence-electron chi connectivity index (χ2n) is 9.01. The van der Waals surface area contributed by atoms with Crippen molar-refractivity contribution in [1.82, 2.24) is 4.57 Å². The van der Waals surface area contributed by atoms with Crippen molar-refractivity contribution in [2.45, 2.75) is 45.1 Å². The van der Waals surface area contributed by atoms with Crippen LogP contribution in [0.1, 0.15) is 61.0 Å². The number of hydrogen-bond acceptors (Lipinski definition) is 5. The molecule has 2 atom stereocenters. The molecule has 2 heterocycles. The molecule has 1 aromatic heterocycles. The van der Waals surface area contributed by atoms with Gasteiger partial charge in [0.1, 0.15) is 5.56 Å². The molecule has 0 saturated heterocycles. The number of pyridine rings is 1. The average Bonchev–Trinajstić information content (AvgIpc) is 3.05. The van der Waals surface area contributed by atoms with E-state index in [0.717, 1.165) is 36.1 Å². The molecule has 0 unspecified atom stereocenters. The van der Waals surface area contributed by atoms with Gasteiger partial charge in [0.2, 0.25) is 0 Å². The minimum absolute atomic E-state index is 0.0403. The van der Waals surface area contributed by atoms with Crippen LogP contribution < -0.4 is 14.9 Å². The maximum Gasteiger partial charge on any atom is 0.341 e. The first-order valence-electron chi connectivity index (χ1n) is 10.6. The van der Waals surface area contributed by atoms with Crippen molar-refractivity contribution in [1.29, 1.82) is 0 Å². The molecule has 0 amide bonds. The van der Waals surface area contributed by atoms with Crippen molar-refractivity contribution >= 4 is 5.97 Å². The minimum atomic E-state index is -1.20. The second-order valence-corrected chi connectivity index (χ2v) is 9.01. The number of rotatable bonds is 7. The first-order chi connectivity index (χ1) is 14.8. The maximum absolute atomic E-state index is 12.6. The molecule has 1 aliphatic carbocycles. The van der Waals surface area contributed by atoms with Crippen LogP contribution in [-0.4, -0.2) is 43.1 Å². The highest BCUT2D eigenvalue weighted by molar-refractivity contribution is 5.88. The van der Waals surface area contributed by atoms with Crippen molar-refractivity contribution in [3.8, 4) is 22.8 Å². The fraction of sp³-hybridized carbons (Fsp3) is 0.500. The van der Waals surface area contributed by atoms with E-state index in [1.165, 1.54) is 12.3 Å². The van der Waals surface area contributed by atoms with Gasteiger partial charge in [-0.2, -0.15) is 0 Å². The molecule has 1 aromatic carbocycles. The lowest BCUT2D eigenvalue weighted by Crippen LogP contribution is -2.32. The number of ether oxygens (including phenoxy) is 3. The third-order valence-corrected chi connectivity index (χ3v) is 6.65. The van der Waals surface area contributed by atoms with E-state index in [2.05, 4.69) is 13.8 Å². The number of aromatic carboxylic acids is 1. The number of hydrogen-bond donors (Lipinski definition) is 1. The normalized spacial score (nSPS) is 20.5. The van der Waals surface area contributed by atoms with Crippen molar-refractivity contribution in [2.24, 2.45) is 5.41 Å². The van der Waals surface area contributed by atoms with Crippen molar-refractivity contribution < 1.29 is 24.1 Å². The molecule has 0 spiro atoms. The van der Waals surface area contributed by atoms with E-state index < -0.39 is 11.4 Å². The second kappa shape index (κ2) is 8.04. The number of carboxylic acid groups (broad SMARTS) is 1. The van der Waals surface area contributed by atoms with E-state index in [-0.39, 0.29) is 22.9 Å². The Morgan fingerprint density at radius 3 is 2.65 bits per heavy atom. The topological polar surface area (TPSA) is 87.0 Å². The zero-order chi connectivity index (χ0) is 22.3. The molecule has 1 aliphatic heterocycles. The zero-order valence-electron chi connectivity index (χ0n) is 18.4. The summed E-state index contributed by atoms with van der Waals surface area (Å²) < 4.78 is 18.7. The minimum Gasteiger partial charge on any atom is -0.493 e. The van der Waals surface area contributed by atoms with Crippen molar-refractivity contribution in [3.05, 3.63) is 45.7 Å². The van der Waals surface area contributed by atoms with Crippen molar-refractivity contribution in [3.63, 3.8) is 0 Å². The number of carbonyl (C=O) groups is 1. The van der Waals surface area contributed by atoms with Crippen LogP contribution >= 0.6 is 0 Å². The predicted octanol–water partition coefficient (Wildman–Crippen LogP) is 4.10. The summed E-state index contributed by atoms with van der Waals surface area (Å²) in [7, 11) is 3.26. The molecule has 1 fully saturated rings. The summed E-state index contributed by atoms with van der Waals surface area (Å²) in [5.41, 5.74) is 2.03. The fourth-order valence-electron chi connectivity index (χ4n) is 5.19. The van der Waals surface area contributed by atoms with E-state index in [4.69, 9.17) is 14.2 Å². The highest BCUT2D eigenvalue weighted by Crippen LogP contribution is 2.59. The van der Waals surface area contributed by atoms with Crippen LogP contribution in [0.5, 0.6) is 11.5 Å². The molecular weight excluding hydrogens is 398 g/mol.